The van der Waals surface area contributed by atoms with Gasteiger partial charge in [-0.2, -0.15) is 0 Å². The van der Waals surface area contributed by atoms with E-state index < -0.39 is 0 Å². The molecular weight excluding hydrogens is 242 g/mol. The quantitative estimate of drug-likeness (QED) is 0.706. The first-order valence-corrected chi connectivity index (χ1v) is 7.28. The Morgan fingerprint density at radius 1 is 1.37 bits per heavy atom. The molecule has 0 spiro atoms. The highest BCUT2D eigenvalue weighted by Gasteiger charge is 2.29. The molecule has 5 nitrogen and oxygen atoms in total. The molecule has 1 aliphatic heterocycles. The van der Waals surface area contributed by atoms with E-state index in [-0.39, 0.29) is 17.4 Å². The minimum Gasteiger partial charge on any atom is -0.379 e. The number of ether oxygens (including phenoxy) is 1. The van der Waals surface area contributed by atoms with E-state index >= 15 is 0 Å². The van der Waals surface area contributed by atoms with Gasteiger partial charge in [-0.25, -0.2) is 0 Å². The third-order valence-corrected chi connectivity index (χ3v) is 3.71. The zero-order valence-electron chi connectivity index (χ0n) is 12.8. The molecule has 0 bridgehead atoms. The fourth-order valence-electron chi connectivity index (χ4n) is 2.21. The van der Waals surface area contributed by atoms with E-state index in [1.807, 2.05) is 13.8 Å². The number of nitrogens with zero attached hydrogens (tertiary/aromatic N) is 1. The molecule has 5 heteroatoms. The Morgan fingerprint density at radius 2 is 2.00 bits per heavy atom. The molecule has 1 saturated heterocycles. The van der Waals surface area contributed by atoms with Crippen molar-refractivity contribution in [3.05, 3.63) is 0 Å². The third-order valence-electron chi connectivity index (χ3n) is 3.71. The number of carbonyl (C=O) groups excluding carboxylic acids is 1. The number of carbonyl (C=O) groups is 1. The predicted octanol–water partition coefficient (Wildman–Crippen LogP) is 0.459. The first-order valence-electron chi connectivity index (χ1n) is 7.28. The Labute approximate surface area is 117 Å². The van der Waals surface area contributed by atoms with Crippen molar-refractivity contribution in [1.82, 2.24) is 15.5 Å². The van der Waals surface area contributed by atoms with Crippen LogP contribution in [0.1, 0.15) is 27.7 Å². The van der Waals surface area contributed by atoms with Crippen molar-refractivity contribution in [3.63, 3.8) is 0 Å². The summed E-state index contributed by atoms with van der Waals surface area (Å²) in [5, 5.41) is 6.27. The van der Waals surface area contributed by atoms with Gasteiger partial charge in [0.05, 0.1) is 13.2 Å². The van der Waals surface area contributed by atoms with Crippen molar-refractivity contribution in [1.29, 1.82) is 0 Å². The standard InChI is InChI=1S/C14H29N3O2/c1-5-15-10-12(2)13(18)16-11-14(3,4)17-6-8-19-9-7-17/h12,15H,5-11H2,1-4H3,(H,16,18). The van der Waals surface area contributed by atoms with E-state index in [0.717, 1.165) is 39.4 Å². The highest BCUT2D eigenvalue weighted by atomic mass is 16.5. The van der Waals surface area contributed by atoms with E-state index in [1.165, 1.54) is 0 Å². The second kappa shape index (κ2) is 7.82. The van der Waals surface area contributed by atoms with E-state index in [2.05, 4.69) is 29.4 Å². The van der Waals surface area contributed by atoms with Gasteiger partial charge in [-0.15, -0.1) is 0 Å². The van der Waals surface area contributed by atoms with Crippen LogP contribution >= 0.6 is 0 Å². The summed E-state index contributed by atoms with van der Waals surface area (Å²) in [6, 6.07) is 0. The van der Waals surface area contributed by atoms with Gasteiger partial charge in [0.15, 0.2) is 0 Å². The highest BCUT2D eigenvalue weighted by Crippen LogP contribution is 2.15. The number of nitrogens with one attached hydrogen (secondary N) is 2. The molecule has 1 fully saturated rings. The van der Waals surface area contributed by atoms with Gasteiger partial charge in [-0.3, -0.25) is 9.69 Å². The largest absolute Gasteiger partial charge is 0.379 e. The van der Waals surface area contributed by atoms with Gasteiger partial charge in [-0.05, 0) is 20.4 Å². The van der Waals surface area contributed by atoms with E-state index in [9.17, 15) is 4.79 Å². The average molecular weight is 271 g/mol. The number of hydrogen-bond donors (Lipinski definition) is 2. The predicted molar refractivity (Wildman–Crippen MR) is 77.2 cm³/mol. The van der Waals surface area contributed by atoms with Gasteiger partial charge >= 0.3 is 0 Å². The fraction of sp³-hybridized carbons (Fsp3) is 0.929. The summed E-state index contributed by atoms with van der Waals surface area (Å²) in [5.74, 6) is 0.141. The molecule has 2 N–H and O–H groups in total. The monoisotopic (exact) mass is 271 g/mol. The van der Waals surface area contributed by atoms with Gasteiger partial charge in [0, 0.05) is 37.6 Å². The van der Waals surface area contributed by atoms with E-state index in [4.69, 9.17) is 4.74 Å². The summed E-state index contributed by atoms with van der Waals surface area (Å²) in [4.78, 5) is 14.4. The van der Waals surface area contributed by atoms with E-state index in [0.29, 0.717) is 6.54 Å². The topological polar surface area (TPSA) is 53.6 Å². The van der Waals surface area contributed by atoms with Crippen LogP contribution in [0.3, 0.4) is 0 Å². The number of amides is 1. The molecule has 0 aromatic heterocycles. The van der Waals surface area contributed by atoms with Crippen LogP contribution in [-0.2, 0) is 9.53 Å². The molecule has 1 atom stereocenters. The highest BCUT2D eigenvalue weighted by molar-refractivity contribution is 5.78. The first-order chi connectivity index (χ1) is 8.97. The van der Waals surface area contributed by atoms with Crippen molar-refractivity contribution in [3.8, 4) is 0 Å². The second-order valence-corrected chi connectivity index (χ2v) is 5.84. The zero-order valence-corrected chi connectivity index (χ0v) is 12.8. The molecule has 1 unspecified atom stereocenters. The Bertz CT molecular complexity index is 276. The first kappa shape index (κ1) is 16.4. The van der Waals surface area contributed by atoms with Crippen LogP contribution in [0.2, 0.25) is 0 Å². The number of morpholine rings is 1. The maximum atomic E-state index is 12.0. The van der Waals surface area contributed by atoms with Crippen LogP contribution in [0.5, 0.6) is 0 Å². The van der Waals surface area contributed by atoms with Crippen molar-refractivity contribution in [2.24, 2.45) is 5.92 Å². The minimum absolute atomic E-state index is 0.0143. The Morgan fingerprint density at radius 3 is 2.58 bits per heavy atom. The van der Waals surface area contributed by atoms with Crippen molar-refractivity contribution in [2.45, 2.75) is 33.2 Å². The molecule has 1 amide bonds. The smallest absolute Gasteiger partial charge is 0.224 e. The molecule has 0 saturated carbocycles. The number of rotatable bonds is 7. The van der Waals surface area contributed by atoms with Gasteiger partial charge in [0.1, 0.15) is 0 Å². The van der Waals surface area contributed by atoms with E-state index in [1.54, 1.807) is 0 Å². The van der Waals surface area contributed by atoms with Gasteiger partial charge in [0.2, 0.25) is 5.91 Å². The van der Waals surface area contributed by atoms with Crippen LogP contribution in [0.4, 0.5) is 0 Å². The van der Waals surface area contributed by atoms with Gasteiger partial charge in [0.25, 0.3) is 0 Å². The second-order valence-electron chi connectivity index (χ2n) is 5.84. The Balaban J connectivity index is 2.34. The van der Waals surface area contributed by atoms with Crippen molar-refractivity contribution >= 4 is 5.91 Å². The molecule has 112 valence electrons. The Kier molecular flexibility index (Phi) is 6.75. The normalized spacial score (nSPS) is 19.2. The summed E-state index contributed by atoms with van der Waals surface area (Å²) in [6.07, 6.45) is 0. The van der Waals surface area contributed by atoms with Crippen molar-refractivity contribution < 1.29 is 9.53 Å². The molecule has 0 aliphatic carbocycles. The summed E-state index contributed by atoms with van der Waals surface area (Å²) >= 11 is 0. The third kappa shape index (κ3) is 5.47. The average Bonchev–Trinajstić information content (AvgIpc) is 2.43. The maximum Gasteiger partial charge on any atom is 0.224 e. The van der Waals surface area contributed by atoms with Crippen LogP contribution in [0.25, 0.3) is 0 Å². The van der Waals surface area contributed by atoms with Crippen molar-refractivity contribution in [2.75, 3.05) is 45.9 Å². The lowest BCUT2D eigenvalue weighted by Gasteiger charge is -2.41. The zero-order chi connectivity index (χ0) is 14.3. The SMILES string of the molecule is CCNCC(C)C(=O)NCC(C)(C)N1CCOCC1. The van der Waals surface area contributed by atoms with Gasteiger partial charge in [-0.1, -0.05) is 13.8 Å². The van der Waals surface area contributed by atoms with Crippen LogP contribution in [0.15, 0.2) is 0 Å². The minimum atomic E-state index is -0.0165. The maximum absolute atomic E-state index is 12.0. The molecular formula is C14H29N3O2. The summed E-state index contributed by atoms with van der Waals surface area (Å²) in [5.41, 5.74) is -0.0165. The summed E-state index contributed by atoms with van der Waals surface area (Å²) < 4.78 is 5.37. The molecule has 1 rings (SSSR count). The molecule has 0 aromatic rings. The fourth-order valence-corrected chi connectivity index (χ4v) is 2.21. The Hall–Kier alpha value is -0.650. The lowest BCUT2D eigenvalue weighted by Crippen LogP contribution is -2.56. The lowest BCUT2D eigenvalue weighted by atomic mass is 10.0. The summed E-state index contributed by atoms with van der Waals surface area (Å²) in [7, 11) is 0. The molecule has 19 heavy (non-hydrogen) atoms. The molecule has 1 aliphatic rings. The molecule has 1 heterocycles. The van der Waals surface area contributed by atoms with Gasteiger partial charge < -0.3 is 15.4 Å². The molecule has 0 aromatic carbocycles. The van der Waals surface area contributed by atoms with Crippen LogP contribution < -0.4 is 10.6 Å². The summed E-state index contributed by atoms with van der Waals surface area (Å²) in [6.45, 7) is 14.1. The van der Waals surface area contributed by atoms with Crippen LogP contribution in [0, 0.1) is 5.92 Å². The van der Waals surface area contributed by atoms with Crippen LogP contribution in [-0.4, -0.2) is 62.3 Å². The number of hydrogen-bond acceptors (Lipinski definition) is 4. The molecule has 0 radical (unpaired) electrons. The lowest BCUT2D eigenvalue weighted by molar-refractivity contribution is -0.125.